The van der Waals surface area contributed by atoms with Crippen molar-refractivity contribution in [2.75, 3.05) is 0 Å². The lowest BCUT2D eigenvalue weighted by Gasteiger charge is -2.73. The predicted molar refractivity (Wildman–Crippen MR) is 132 cm³/mol. The van der Waals surface area contributed by atoms with Crippen molar-refractivity contribution in [3.8, 4) is 0 Å². The summed E-state index contributed by atoms with van der Waals surface area (Å²) in [6, 6.07) is 0. The summed E-state index contributed by atoms with van der Waals surface area (Å²) >= 11 is 0. The lowest BCUT2D eigenvalue weighted by molar-refractivity contribution is -0.250. The quantitative estimate of drug-likeness (QED) is 0.448. The van der Waals surface area contributed by atoms with Crippen LogP contribution in [0.3, 0.4) is 0 Å². The number of aliphatic hydroxyl groups is 2. The highest BCUT2D eigenvalue weighted by Crippen LogP contribution is 2.77. The van der Waals surface area contributed by atoms with E-state index in [1.807, 2.05) is 0 Å². The third-order valence-electron chi connectivity index (χ3n) is 13.7. The first-order chi connectivity index (χ1) is 14.6. The molecular formula is C30H52O2. The van der Waals surface area contributed by atoms with E-state index in [2.05, 4.69) is 55.4 Å². The standard InChI is InChI=1S/C30H52O2/c1-25(2)21-12-16-30(8)22(28(21,6)15-13-23(25)31)10-9-20-24-19(26(3,4)32)11-14-27(24,5)17-18-29(20,30)7/h19-24,31-32H,9-18H2,1-8H3. The van der Waals surface area contributed by atoms with Crippen molar-refractivity contribution in [3.05, 3.63) is 0 Å². The van der Waals surface area contributed by atoms with Crippen LogP contribution in [0.15, 0.2) is 0 Å². The van der Waals surface area contributed by atoms with Crippen LogP contribution < -0.4 is 0 Å². The summed E-state index contributed by atoms with van der Waals surface area (Å²) in [6.45, 7) is 19.5. The molecule has 2 nitrogen and oxygen atoms in total. The smallest absolute Gasteiger partial charge is 0.0622 e. The SMILES string of the molecule is CC(C)(O)C1CCC2(C)CCC3(C)C(CCC4C5(C)CCC(O)C(C)(C)C5CCC43C)C12. The summed E-state index contributed by atoms with van der Waals surface area (Å²) in [4.78, 5) is 0. The molecule has 2 N–H and O–H groups in total. The second kappa shape index (κ2) is 6.77. The van der Waals surface area contributed by atoms with E-state index in [4.69, 9.17) is 0 Å². The third-order valence-corrected chi connectivity index (χ3v) is 13.7. The van der Waals surface area contributed by atoms with Gasteiger partial charge in [0.1, 0.15) is 0 Å². The van der Waals surface area contributed by atoms with E-state index >= 15 is 0 Å². The van der Waals surface area contributed by atoms with Gasteiger partial charge in [0.2, 0.25) is 0 Å². The van der Waals surface area contributed by atoms with E-state index in [1.54, 1.807) is 0 Å². The van der Waals surface area contributed by atoms with Crippen LogP contribution in [-0.4, -0.2) is 21.9 Å². The Bertz CT molecular complexity index is 765. The van der Waals surface area contributed by atoms with E-state index in [1.165, 1.54) is 57.8 Å². The Balaban J connectivity index is 1.54. The van der Waals surface area contributed by atoms with Crippen molar-refractivity contribution in [3.63, 3.8) is 0 Å². The molecule has 2 heteroatoms. The Labute approximate surface area is 198 Å². The van der Waals surface area contributed by atoms with Gasteiger partial charge in [-0.25, -0.2) is 0 Å². The van der Waals surface area contributed by atoms with Gasteiger partial charge in [-0.05, 0) is 135 Å². The number of rotatable bonds is 1. The molecule has 5 rings (SSSR count). The van der Waals surface area contributed by atoms with Crippen LogP contribution >= 0.6 is 0 Å². The molecule has 5 saturated carbocycles. The average Bonchev–Trinajstić information content (AvgIpc) is 3.04. The van der Waals surface area contributed by atoms with Crippen LogP contribution in [0.4, 0.5) is 0 Å². The number of hydrogen-bond donors (Lipinski definition) is 2. The fourth-order valence-corrected chi connectivity index (χ4v) is 11.7. The molecule has 0 aromatic rings. The molecule has 0 amide bonds. The molecule has 10 unspecified atom stereocenters. The minimum absolute atomic E-state index is 0.0364. The average molecular weight is 445 g/mol. The van der Waals surface area contributed by atoms with Gasteiger partial charge in [-0.3, -0.25) is 0 Å². The zero-order chi connectivity index (χ0) is 23.5. The molecule has 0 aromatic carbocycles. The summed E-state index contributed by atoms with van der Waals surface area (Å²) in [7, 11) is 0. The molecule has 184 valence electrons. The van der Waals surface area contributed by atoms with Gasteiger partial charge in [-0.15, -0.1) is 0 Å². The van der Waals surface area contributed by atoms with Gasteiger partial charge < -0.3 is 10.2 Å². The highest BCUT2D eigenvalue weighted by molar-refractivity contribution is 5.19. The molecule has 5 fully saturated rings. The molecule has 0 radical (unpaired) electrons. The second-order valence-electron chi connectivity index (χ2n) is 15.5. The maximum absolute atomic E-state index is 11.2. The Morgan fingerprint density at radius 2 is 1.38 bits per heavy atom. The molecule has 0 heterocycles. The highest BCUT2D eigenvalue weighted by atomic mass is 16.3. The maximum Gasteiger partial charge on any atom is 0.0622 e. The van der Waals surface area contributed by atoms with Crippen molar-refractivity contribution in [2.24, 2.45) is 56.7 Å². The Hall–Kier alpha value is -0.0800. The molecule has 0 bridgehead atoms. The van der Waals surface area contributed by atoms with E-state index in [-0.39, 0.29) is 11.5 Å². The largest absolute Gasteiger partial charge is 0.393 e. The van der Waals surface area contributed by atoms with Gasteiger partial charge in [0, 0.05) is 0 Å². The third kappa shape index (κ3) is 2.78. The zero-order valence-electron chi connectivity index (χ0n) is 22.4. The van der Waals surface area contributed by atoms with Gasteiger partial charge in [-0.2, -0.15) is 0 Å². The number of aliphatic hydroxyl groups excluding tert-OH is 1. The second-order valence-corrected chi connectivity index (χ2v) is 15.5. The van der Waals surface area contributed by atoms with Crippen LogP contribution in [0.1, 0.15) is 120 Å². The van der Waals surface area contributed by atoms with E-state index in [0.717, 1.165) is 18.3 Å². The van der Waals surface area contributed by atoms with E-state index in [0.29, 0.717) is 39.4 Å². The topological polar surface area (TPSA) is 40.5 Å². The van der Waals surface area contributed by atoms with Gasteiger partial charge in [0.15, 0.2) is 0 Å². The predicted octanol–water partition coefficient (Wildman–Crippen LogP) is 7.22. The Morgan fingerprint density at radius 1 is 0.688 bits per heavy atom. The highest BCUT2D eigenvalue weighted by Gasteiger charge is 2.70. The molecule has 0 saturated heterocycles. The fourth-order valence-electron chi connectivity index (χ4n) is 11.7. The minimum atomic E-state index is -0.564. The van der Waals surface area contributed by atoms with Crippen molar-refractivity contribution >= 4 is 0 Å². The summed E-state index contributed by atoms with van der Waals surface area (Å²) in [6.07, 6.45) is 12.6. The summed E-state index contributed by atoms with van der Waals surface area (Å²) in [5.41, 5.74) is 1.02. The molecule has 0 aromatic heterocycles. The van der Waals surface area contributed by atoms with Crippen LogP contribution in [0, 0.1) is 56.7 Å². The van der Waals surface area contributed by atoms with Crippen molar-refractivity contribution < 1.29 is 10.2 Å². The minimum Gasteiger partial charge on any atom is -0.393 e. The first-order valence-electron chi connectivity index (χ1n) is 14.0. The van der Waals surface area contributed by atoms with Crippen molar-refractivity contribution in [1.29, 1.82) is 0 Å². The summed E-state index contributed by atoms with van der Waals surface area (Å²) < 4.78 is 0. The molecular weight excluding hydrogens is 392 g/mol. The Kier molecular flexibility index (Phi) is 5.01. The zero-order valence-corrected chi connectivity index (χ0v) is 22.4. The van der Waals surface area contributed by atoms with Crippen LogP contribution in [0.2, 0.25) is 0 Å². The first kappa shape index (κ1) is 23.7. The number of fused-ring (bicyclic) bond motifs is 7. The van der Waals surface area contributed by atoms with Crippen LogP contribution in [0.25, 0.3) is 0 Å². The molecule has 10 atom stereocenters. The molecule has 0 spiro atoms. The fraction of sp³-hybridized carbons (Fsp3) is 1.00. The van der Waals surface area contributed by atoms with Crippen molar-refractivity contribution in [2.45, 2.75) is 131 Å². The first-order valence-corrected chi connectivity index (χ1v) is 14.0. The summed E-state index contributed by atoms with van der Waals surface area (Å²) in [5, 5.41) is 22.1. The Morgan fingerprint density at radius 3 is 2.03 bits per heavy atom. The van der Waals surface area contributed by atoms with Crippen LogP contribution in [-0.2, 0) is 0 Å². The van der Waals surface area contributed by atoms with Gasteiger partial charge in [0.05, 0.1) is 11.7 Å². The van der Waals surface area contributed by atoms with Gasteiger partial charge in [0.25, 0.3) is 0 Å². The monoisotopic (exact) mass is 444 g/mol. The summed E-state index contributed by atoms with van der Waals surface area (Å²) in [5.74, 6) is 3.29. The molecule has 32 heavy (non-hydrogen) atoms. The van der Waals surface area contributed by atoms with E-state index < -0.39 is 5.60 Å². The maximum atomic E-state index is 11.2. The lowest BCUT2D eigenvalue weighted by atomic mass is 9.32. The van der Waals surface area contributed by atoms with Crippen molar-refractivity contribution in [1.82, 2.24) is 0 Å². The van der Waals surface area contributed by atoms with E-state index in [9.17, 15) is 10.2 Å². The lowest BCUT2D eigenvalue weighted by Crippen LogP contribution is -2.66. The van der Waals surface area contributed by atoms with Gasteiger partial charge >= 0.3 is 0 Å². The molecule has 0 aliphatic heterocycles. The van der Waals surface area contributed by atoms with Crippen LogP contribution in [0.5, 0.6) is 0 Å². The molecule has 5 aliphatic carbocycles. The normalized spacial score (nSPS) is 57.2. The molecule has 5 aliphatic rings. The van der Waals surface area contributed by atoms with Gasteiger partial charge in [-0.1, -0.05) is 41.5 Å². The number of hydrogen-bond acceptors (Lipinski definition) is 2.